The first-order valence-corrected chi connectivity index (χ1v) is 8.42. The minimum atomic E-state index is -0.964. The number of hydrogen-bond donors (Lipinski definition) is 2. The van der Waals surface area contributed by atoms with E-state index in [-0.39, 0.29) is 11.6 Å². The molecule has 0 aliphatic rings. The number of nitrogens with one attached hydrogen (secondary N) is 1. The van der Waals surface area contributed by atoms with Crippen LogP contribution in [0.2, 0.25) is 0 Å². The lowest BCUT2D eigenvalue weighted by Gasteiger charge is -2.13. The van der Waals surface area contributed by atoms with Crippen molar-refractivity contribution < 1.29 is 18.6 Å². The molecule has 0 bridgehead atoms. The molecule has 5 nitrogen and oxygen atoms in total. The van der Waals surface area contributed by atoms with E-state index in [1.54, 1.807) is 24.3 Å². The van der Waals surface area contributed by atoms with E-state index in [0.717, 1.165) is 12.1 Å². The molecule has 0 aliphatic heterocycles. The van der Waals surface area contributed by atoms with Gasteiger partial charge >= 0.3 is 0 Å². The average Bonchev–Trinajstić information content (AvgIpc) is 2.71. The van der Waals surface area contributed by atoms with Crippen molar-refractivity contribution in [1.82, 2.24) is 9.97 Å². The van der Waals surface area contributed by atoms with E-state index in [4.69, 9.17) is 4.74 Å². The van der Waals surface area contributed by atoms with Crippen molar-refractivity contribution in [3.05, 3.63) is 72.3 Å². The zero-order valence-electron chi connectivity index (χ0n) is 14.8. The number of aromatic hydroxyl groups is 1. The fourth-order valence-corrected chi connectivity index (χ4v) is 2.87. The molecular formula is C21H15F2N3O2. The Morgan fingerprint density at radius 3 is 2.54 bits per heavy atom. The van der Waals surface area contributed by atoms with Crippen LogP contribution in [-0.4, -0.2) is 22.2 Å². The van der Waals surface area contributed by atoms with Gasteiger partial charge in [-0.25, -0.2) is 18.7 Å². The molecule has 0 unspecified atom stereocenters. The molecule has 1 aromatic heterocycles. The van der Waals surface area contributed by atoms with Gasteiger partial charge in [0.2, 0.25) is 0 Å². The smallest absolute Gasteiger partial charge is 0.168 e. The molecule has 0 atom stereocenters. The summed E-state index contributed by atoms with van der Waals surface area (Å²) in [7, 11) is 1.45. The van der Waals surface area contributed by atoms with E-state index in [2.05, 4.69) is 15.3 Å². The van der Waals surface area contributed by atoms with Gasteiger partial charge in [0.15, 0.2) is 29.0 Å². The predicted molar refractivity (Wildman–Crippen MR) is 103 cm³/mol. The second-order valence-electron chi connectivity index (χ2n) is 6.02. The van der Waals surface area contributed by atoms with Crippen LogP contribution >= 0.6 is 0 Å². The maximum absolute atomic E-state index is 13.6. The van der Waals surface area contributed by atoms with Crippen molar-refractivity contribution in [3.63, 3.8) is 0 Å². The van der Waals surface area contributed by atoms with E-state index >= 15 is 0 Å². The van der Waals surface area contributed by atoms with Crippen LogP contribution in [0.4, 0.5) is 20.3 Å². The fourth-order valence-electron chi connectivity index (χ4n) is 2.87. The molecule has 4 rings (SSSR count). The molecule has 4 aromatic rings. The Bertz CT molecular complexity index is 1180. The molecule has 0 spiro atoms. The molecule has 0 aliphatic carbocycles. The number of hydrogen-bond acceptors (Lipinski definition) is 5. The van der Waals surface area contributed by atoms with Gasteiger partial charge in [0.1, 0.15) is 5.82 Å². The van der Waals surface area contributed by atoms with Gasteiger partial charge in [0.05, 0.1) is 18.2 Å². The Balaban J connectivity index is 1.87. The van der Waals surface area contributed by atoms with Gasteiger partial charge in [-0.2, -0.15) is 0 Å². The van der Waals surface area contributed by atoms with Crippen molar-refractivity contribution in [2.75, 3.05) is 12.4 Å². The van der Waals surface area contributed by atoms with Crippen molar-refractivity contribution in [2.24, 2.45) is 0 Å². The van der Waals surface area contributed by atoms with Gasteiger partial charge in [-0.15, -0.1) is 0 Å². The van der Waals surface area contributed by atoms with Crippen LogP contribution in [0.5, 0.6) is 11.5 Å². The first-order valence-electron chi connectivity index (χ1n) is 8.42. The van der Waals surface area contributed by atoms with E-state index in [1.807, 2.05) is 18.2 Å². The number of fused-ring (bicyclic) bond motifs is 1. The summed E-state index contributed by atoms with van der Waals surface area (Å²) in [5.41, 5.74) is 1.35. The Morgan fingerprint density at radius 2 is 1.75 bits per heavy atom. The Labute approximate surface area is 159 Å². The van der Waals surface area contributed by atoms with E-state index < -0.39 is 11.6 Å². The number of phenols is 1. The van der Waals surface area contributed by atoms with E-state index in [9.17, 15) is 13.9 Å². The lowest BCUT2D eigenvalue weighted by molar-refractivity contribution is 0.374. The topological polar surface area (TPSA) is 67.3 Å². The standard InChI is InChI=1S/C21H15F2N3O2/c1-28-18-8-4-6-14(19(18)27)21-25-17-7-3-2-5-13(17)20(26-21)24-12-9-10-15(22)16(23)11-12/h2-11,27H,1H3,(H,24,25,26). The molecule has 140 valence electrons. The summed E-state index contributed by atoms with van der Waals surface area (Å²) in [5, 5.41) is 14.1. The normalized spacial score (nSPS) is 10.8. The molecule has 3 aromatic carbocycles. The number of benzene rings is 3. The highest BCUT2D eigenvalue weighted by atomic mass is 19.2. The Kier molecular flexibility index (Phi) is 4.49. The molecule has 0 saturated heterocycles. The quantitative estimate of drug-likeness (QED) is 0.520. The number of methoxy groups -OCH3 is 1. The second-order valence-corrected chi connectivity index (χ2v) is 6.02. The number of anilines is 2. The molecule has 1 heterocycles. The van der Waals surface area contributed by atoms with Crippen molar-refractivity contribution in [2.45, 2.75) is 0 Å². The highest BCUT2D eigenvalue weighted by Gasteiger charge is 2.15. The zero-order valence-corrected chi connectivity index (χ0v) is 14.8. The zero-order chi connectivity index (χ0) is 19.7. The number of rotatable bonds is 4. The first kappa shape index (κ1) is 17.7. The number of phenolic OH excluding ortho intramolecular Hbond substituents is 1. The number of para-hydroxylation sites is 2. The molecular weight excluding hydrogens is 364 g/mol. The van der Waals surface area contributed by atoms with Crippen LogP contribution in [0.1, 0.15) is 0 Å². The lowest BCUT2D eigenvalue weighted by Crippen LogP contribution is -2.00. The fraction of sp³-hybridized carbons (Fsp3) is 0.0476. The number of ether oxygens (including phenoxy) is 1. The highest BCUT2D eigenvalue weighted by molar-refractivity contribution is 5.92. The molecule has 0 saturated carbocycles. The summed E-state index contributed by atoms with van der Waals surface area (Å²) in [6.45, 7) is 0. The number of halogens is 2. The van der Waals surface area contributed by atoms with Crippen LogP contribution < -0.4 is 10.1 Å². The second kappa shape index (κ2) is 7.11. The van der Waals surface area contributed by atoms with Crippen molar-refractivity contribution in [3.8, 4) is 22.9 Å². The lowest BCUT2D eigenvalue weighted by atomic mass is 10.1. The molecule has 0 amide bonds. The predicted octanol–water partition coefficient (Wildman–Crippen LogP) is 5.03. The molecule has 2 N–H and O–H groups in total. The van der Waals surface area contributed by atoms with Crippen LogP contribution in [-0.2, 0) is 0 Å². The maximum Gasteiger partial charge on any atom is 0.168 e. The number of nitrogens with zero attached hydrogens (tertiary/aromatic N) is 2. The third kappa shape index (κ3) is 3.18. The third-order valence-electron chi connectivity index (χ3n) is 4.25. The molecule has 7 heteroatoms. The first-order chi connectivity index (χ1) is 13.6. The monoisotopic (exact) mass is 379 g/mol. The summed E-state index contributed by atoms with van der Waals surface area (Å²) in [5.74, 6) is -1.02. The number of aromatic nitrogens is 2. The van der Waals surface area contributed by atoms with Crippen LogP contribution in [0, 0.1) is 11.6 Å². The SMILES string of the molecule is COc1cccc(-c2nc(Nc3ccc(F)c(F)c3)c3ccccc3n2)c1O. The van der Waals surface area contributed by atoms with E-state index in [0.29, 0.717) is 33.7 Å². The summed E-state index contributed by atoms with van der Waals surface area (Å²) in [4.78, 5) is 9.02. The molecule has 28 heavy (non-hydrogen) atoms. The average molecular weight is 379 g/mol. The van der Waals surface area contributed by atoms with Gasteiger partial charge in [-0.1, -0.05) is 18.2 Å². The summed E-state index contributed by atoms with van der Waals surface area (Å²) < 4.78 is 32.0. The van der Waals surface area contributed by atoms with Crippen LogP contribution in [0.15, 0.2) is 60.7 Å². The third-order valence-corrected chi connectivity index (χ3v) is 4.25. The Morgan fingerprint density at radius 1 is 0.929 bits per heavy atom. The van der Waals surface area contributed by atoms with Crippen molar-refractivity contribution in [1.29, 1.82) is 0 Å². The Hall–Kier alpha value is -3.74. The summed E-state index contributed by atoms with van der Waals surface area (Å²) in [6, 6.07) is 15.8. The van der Waals surface area contributed by atoms with Gasteiger partial charge in [0, 0.05) is 17.1 Å². The summed E-state index contributed by atoms with van der Waals surface area (Å²) in [6.07, 6.45) is 0. The maximum atomic E-state index is 13.6. The van der Waals surface area contributed by atoms with Crippen molar-refractivity contribution >= 4 is 22.4 Å². The minimum Gasteiger partial charge on any atom is -0.504 e. The molecule has 0 fully saturated rings. The van der Waals surface area contributed by atoms with Gasteiger partial charge in [0.25, 0.3) is 0 Å². The van der Waals surface area contributed by atoms with Gasteiger partial charge in [-0.3, -0.25) is 0 Å². The minimum absolute atomic E-state index is 0.0842. The largest absolute Gasteiger partial charge is 0.504 e. The summed E-state index contributed by atoms with van der Waals surface area (Å²) >= 11 is 0. The van der Waals surface area contributed by atoms with Gasteiger partial charge < -0.3 is 15.2 Å². The highest BCUT2D eigenvalue weighted by Crippen LogP contribution is 2.37. The van der Waals surface area contributed by atoms with E-state index in [1.165, 1.54) is 13.2 Å². The molecule has 0 radical (unpaired) electrons. The van der Waals surface area contributed by atoms with Gasteiger partial charge in [-0.05, 0) is 36.4 Å². The van der Waals surface area contributed by atoms with Crippen LogP contribution in [0.3, 0.4) is 0 Å². The van der Waals surface area contributed by atoms with Crippen LogP contribution in [0.25, 0.3) is 22.3 Å².